The molecule has 0 unspecified atom stereocenters. The van der Waals surface area contributed by atoms with Crippen molar-refractivity contribution in [2.75, 3.05) is 23.3 Å². The molecule has 3 aromatic rings. The van der Waals surface area contributed by atoms with Crippen molar-refractivity contribution in [2.45, 2.75) is 19.8 Å². The Morgan fingerprint density at radius 1 is 1.04 bits per heavy atom. The fraction of sp³-hybridized carbons (Fsp3) is 0.227. The van der Waals surface area contributed by atoms with E-state index in [9.17, 15) is 4.79 Å². The number of carbonyl (C=O) groups is 1. The molecule has 0 bridgehead atoms. The lowest BCUT2D eigenvalue weighted by molar-refractivity contribution is -0.115. The van der Waals surface area contributed by atoms with Crippen LogP contribution in [0.15, 0.2) is 60.7 Å². The van der Waals surface area contributed by atoms with Gasteiger partial charge in [0, 0.05) is 24.5 Å². The SMILES string of the molecule is CCN1CCc2ccc(NC(=O)Cc3ccc4ccccc4c3)cc21. The number of fused-ring (bicyclic) bond motifs is 2. The smallest absolute Gasteiger partial charge is 0.228 e. The maximum absolute atomic E-state index is 12.4. The van der Waals surface area contributed by atoms with Crippen LogP contribution in [-0.4, -0.2) is 19.0 Å². The predicted octanol–water partition coefficient (Wildman–Crippen LogP) is 4.40. The van der Waals surface area contributed by atoms with Gasteiger partial charge in [0.25, 0.3) is 0 Å². The van der Waals surface area contributed by atoms with E-state index >= 15 is 0 Å². The molecular weight excluding hydrogens is 308 g/mol. The van der Waals surface area contributed by atoms with Gasteiger partial charge in [0.2, 0.25) is 5.91 Å². The van der Waals surface area contributed by atoms with Crippen molar-refractivity contribution in [3.63, 3.8) is 0 Å². The molecular formula is C22H22N2O. The van der Waals surface area contributed by atoms with E-state index in [0.717, 1.165) is 30.8 Å². The van der Waals surface area contributed by atoms with Crippen LogP contribution in [0.5, 0.6) is 0 Å². The Balaban J connectivity index is 1.48. The number of nitrogens with one attached hydrogen (secondary N) is 1. The van der Waals surface area contributed by atoms with Crippen molar-refractivity contribution < 1.29 is 4.79 Å². The highest BCUT2D eigenvalue weighted by molar-refractivity contribution is 5.94. The highest BCUT2D eigenvalue weighted by Crippen LogP contribution is 2.30. The molecule has 0 spiro atoms. The maximum atomic E-state index is 12.4. The number of amides is 1. The summed E-state index contributed by atoms with van der Waals surface area (Å²) in [6, 6.07) is 20.7. The Bertz CT molecular complexity index is 932. The van der Waals surface area contributed by atoms with Gasteiger partial charge in [-0.15, -0.1) is 0 Å². The fourth-order valence-corrected chi connectivity index (χ4v) is 3.59. The van der Waals surface area contributed by atoms with E-state index in [1.165, 1.54) is 22.0 Å². The van der Waals surface area contributed by atoms with E-state index in [2.05, 4.69) is 53.5 Å². The van der Waals surface area contributed by atoms with E-state index in [0.29, 0.717) is 6.42 Å². The molecule has 1 aliphatic heterocycles. The van der Waals surface area contributed by atoms with Crippen LogP contribution >= 0.6 is 0 Å². The zero-order chi connectivity index (χ0) is 17.2. The average Bonchev–Trinajstić information content (AvgIpc) is 3.04. The van der Waals surface area contributed by atoms with E-state index in [4.69, 9.17) is 0 Å². The van der Waals surface area contributed by atoms with E-state index in [1.807, 2.05) is 24.3 Å². The second kappa shape index (κ2) is 6.60. The maximum Gasteiger partial charge on any atom is 0.228 e. The predicted molar refractivity (Wildman–Crippen MR) is 104 cm³/mol. The molecule has 3 heteroatoms. The van der Waals surface area contributed by atoms with Crippen LogP contribution < -0.4 is 10.2 Å². The first-order chi connectivity index (χ1) is 12.2. The molecule has 0 radical (unpaired) electrons. The molecule has 3 nitrogen and oxygen atoms in total. The van der Waals surface area contributed by atoms with Crippen molar-refractivity contribution in [3.8, 4) is 0 Å². The van der Waals surface area contributed by atoms with Crippen LogP contribution in [0.4, 0.5) is 11.4 Å². The van der Waals surface area contributed by atoms with Crippen LogP contribution in [0.25, 0.3) is 10.8 Å². The van der Waals surface area contributed by atoms with Gasteiger partial charge in [-0.1, -0.05) is 48.5 Å². The Kier molecular flexibility index (Phi) is 4.14. The monoisotopic (exact) mass is 330 g/mol. The summed E-state index contributed by atoms with van der Waals surface area (Å²) < 4.78 is 0. The van der Waals surface area contributed by atoms with E-state index < -0.39 is 0 Å². The fourth-order valence-electron chi connectivity index (χ4n) is 3.59. The molecule has 25 heavy (non-hydrogen) atoms. The molecule has 3 aromatic carbocycles. The molecule has 1 N–H and O–H groups in total. The second-order valence-corrected chi connectivity index (χ2v) is 6.58. The van der Waals surface area contributed by atoms with Crippen molar-refractivity contribution in [2.24, 2.45) is 0 Å². The molecule has 1 aliphatic rings. The summed E-state index contributed by atoms with van der Waals surface area (Å²) in [5.74, 6) is 0.0243. The largest absolute Gasteiger partial charge is 0.371 e. The minimum absolute atomic E-state index is 0.0243. The second-order valence-electron chi connectivity index (χ2n) is 6.58. The van der Waals surface area contributed by atoms with Crippen molar-refractivity contribution in [3.05, 3.63) is 71.8 Å². The minimum Gasteiger partial charge on any atom is -0.371 e. The van der Waals surface area contributed by atoms with Crippen molar-refractivity contribution in [1.82, 2.24) is 0 Å². The van der Waals surface area contributed by atoms with Crippen LogP contribution in [0.2, 0.25) is 0 Å². The van der Waals surface area contributed by atoms with Gasteiger partial charge in [0.15, 0.2) is 0 Å². The third-order valence-corrected chi connectivity index (χ3v) is 4.92. The minimum atomic E-state index is 0.0243. The van der Waals surface area contributed by atoms with Crippen LogP contribution in [0.3, 0.4) is 0 Å². The standard InChI is InChI=1S/C22H22N2O/c1-2-24-12-11-18-9-10-20(15-21(18)24)23-22(25)14-16-7-8-17-5-3-4-6-19(17)13-16/h3-10,13,15H,2,11-12,14H2,1H3,(H,23,25). The number of hydrogen-bond acceptors (Lipinski definition) is 2. The summed E-state index contributed by atoms with van der Waals surface area (Å²) in [5, 5.41) is 5.42. The highest BCUT2D eigenvalue weighted by atomic mass is 16.1. The first kappa shape index (κ1) is 15.7. The lowest BCUT2D eigenvalue weighted by Crippen LogP contribution is -2.19. The average molecular weight is 330 g/mol. The van der Waals surface area contributed by atoms with Gasteiger partial charge in [-0.2, -0.15) is 0 Å². The lowest BCUT2D eigenvalue weighted by Gasteiger charge is -2.17. The Hall–Kier alpha value is -2.81. The highest BCUT2D eigenvalue weighted by Gasteiger charge is 2.18. The summed E-state index contributed by atoms with van der Waals surface area (Å²) in [7, 11) is 0. The van der Waals surface area contributed by atoms with Gasteiger partial charge in [0.1, 0.15) is 0 Å². The van der Waals surface area contributed by atoms with Gasteiger partial charge in [0.05, 0.1) is 6.42 Å². The van der Waals surface area contributed by atoms with Gasteiger partial charge in [-0.05, 0) is 47.4 Å². The third kappa shape index (κ3) is 3.22. The van der Waals surface area contributed by atoms with Crippen LogP contribution in [0.1, 0.15) is 18.1 Å². The van der Waals surface area contributed by atoms with Gasteiger partial charge < -0.3 is 10.2 Å². The van der Waals surface area contributed by atoms with Gasteiger partial charge >= 0.3 is 0 Å². The molecule has 0 saturated carbocycles. The quantitative estimate of drug-likeness (QED) is 0.769. The number of rotatable bonds is 4. The molecule has 0 atom stereocenters. The first-order valence-electron chi connectivity index (χ1n) is 8.88. The number of carbonyl (C=O) groups excluding carboxylic acids is 1. The topological polar surface area (TPSA) is 32.3 Å². The van der Waals surface area contributed by atoms with E-state index in [-0.39, 0.29) is 5.91 Å². The summed E-state index contributed by atoms with van der Waals surface area (Å²) in [6.07, 6.45) is 1.48. The summed E-state index contributed by atoms with van der Waals surface area (Å²) >= 11 is 0. The first-order valence-corrected chi connectivity index (χ1v) is 8.88. The zero-order valence-corrected chi connectivity index (χ0v) is 14.5. The van der Waals surface area contributed by atoms with Crippen molar-refractivity contribution >= 4 is 28.1 Å². The van der Waals surface area contributed by atoms with Crippen molar-refractivity contribution in [1.29, 1.82) is 0 Å². The number of nitrogens with zero attached hydrogens (tertiary/aromatic N) is 1. The third-order valence-electron chi connectivity index (χ3n) is 4.92. The molecule has 126 valence electrons. The normalized spacial score (nSPS) is 13.1. The summed E-state index contributed by atoms with van der Waals surface area (Å²) in [4.78, 5) is 14.8. The molecule has 0 fully saturated rings. The number of likely N-dealkylation sites (N-methyl/N-ethyl adjacent to an activating group) is 1. The zero-order valence-electron chi connectivity index (χ0n) is 14.5. The summed E-state index contributed by atoms with van der Waals surface area (Å²) in [6.45, 7) is 4.24. The molecule has 4 rings (SSSR count). The Morgan fingerprint density at radius 3 is 2.72 bits per heavy atom. The van der Waals surface area contributed by atoms with Gasteiger partial charge in [-0.25, -0.2) is 0 Å². The molecule has 0 aliphatic carbocycles. The summed E-state index contributed by atoms with van der Waals surface area (Å²) in [5.41, 5.74) is 4.54. The molecule has 0 aromatic heterocycles. The molecule has 1 amide bonds. The van der Waals surface area contributed by atoms with Crippen LogP contribution in [-0.2, 0) is 17.6 Å². The number of benzene rings is 3. The lowest BCUT2D eigenvalue weighted by atomic mass is 10.0. The molecule has 1 heterocycles. The number of anilines is 2. The van der Waals surface area contributed by atoms with E-state index in [1.54, 1.807) is 0 Å². The van der Waals surface area contributed by atoms with Crippen LogP contribution in [0, 0.1) is 0 Å². The molecule has 0 saturated heterocycles. The number of hydrogen-bond donors (Lipinski definition) is 1. The van der Waals surface area contributed by atoms with Gasteiger partial charge in [-0.3, -0.25) is 4.79 Å². The Morgan fingerprint density at radius 2 is 1.88 bits per heavy atom. The Labute approximate surface area is 148 Å².